The van der Waals surface area contributed by atoms with Crippen LogP contribution in [0.5, 0.6) is 0 Å². The first-order valence-electron chi connectivity index (χ1n) is 9.39. The Morgan fingerprint density at radius 2 is 1.66 bits per heavy atom. The molecule has 0 aliphatic carbocycles. The zero-order chi connectivity index (χ0) is 21.6. The summed E-state index contributed by atoms with van der Waals surface area (Å²) in [7, 11) is 0. The molecule has 2 aromatic rings. The van der Waals surface area contributed by atoms with Gasteiger partial charge in [-0.1, -0.05) is 48.0 Å². The molecule has 2 rings (SSSR count). The van der Waals surface area contributed by atoms with E-state index in [9.17, 15) is 14.4 Å². The number of amides is 3. The molecule has 7 heteroatoms. The number of hydrogen-bond donors (Lipinski definition) is 3. The molecule has 0 aliphatic heterocycles. The fourth-order valence-corrected chi connectivity index (χ4v) is 2.96. The van der Waals surface area contributed by atoms with Crippen molar-refractivity contribution in [1.29, 1.82) is 0 Å². The molecule has 3 amide bonds. The highest BCUT2D eigenvalue weighted by atomic mass is 79.9. The molecule has 6 nitrogen and oxygen atoms in total. The van der Waals surface area contributed by atoms with Crippen molar-refractivity contribution in [3.05, 3.63) is 58.1 Å². The Kier molecular flexibility index (Phi) is 7.96. The molecule has 1 atom stereocenters. The highest BCUT2D eigenvalue weighted by Gasteiger charge is 2.18. The quantitative estimate of drug-likeness (QED) is 0.566. The van der Waals surface area contributed by atoms with Crippen LogP contribution < -0.4 is 16.0 Å². The zero-order valence-corrected chi connectivity index (χ0v) is 18.6. The van der Waals surface area contributed by atoms with Gasteiger partial charge in [0, 0.05) is 28.7 Å². The van der Waals surface area contributed by atoms with Gasteiger partial charge in [0.2, 0.25) is 17.7 Å². The first-order chi connectivity index (χ1) is 13.7. The Morgan fingerprint density at radius 3 is 2.24 bits per heavy atom. The lowest BCUT2D eigenvalue weighted by Gasteiger charge is -2.19. The maximum absolute atomic E-state index is 12.7. The van der Waals surface area contributed by atoms with E-state index in [2.05, 4.69) is 31.9 Å². The number of hydrogen-bond acceptors (Lipinski definition) is 3. The van der Waals surface area contributed by atoms with Crippen molar-refractivity contribution < 1.29 is 14.4 Å². The summed E-state index contributed by atoms with van der Waals surface area (Å²) in [6.45, 7) is 6.94. The van der Waals surface area contributed by atoms with Gasteiger partial charge in [0.1, 0.15) is 0 Å². The molecule has 2 aromatic carbocycles. The lowest BCUT2D eigenvalue weighted by atomic mass is 10.0. The molecule has 0 saturated heterocycles. The molecule has 0 aromatic heterocycles. The molecular weight excluding hydrogens is 434 g/mol. The minimum absolute atomic E-state index is 0.0865. The molecule has 0 spiro atoms. The third-order valence-corrected chi connectivity index (χ3v) is 4.87. The summed E-state index contributed by atoms with van der Waals surface area (Å²) in [4.78, 5) is 36.2. The van der Waals surface area contributed by atoms with Crippen molar-refractivity contribution in [1.82, 2.24) is 5.32 Å². The second-order valence-electron chi connectivity index (χ2n) is 7.23. The third kappa shape index (κ3) is 7.02. The van der Waals surface area contributed by atoms with E-state index >= 15 is 0 Å². The zero-order valence-electron chi connectivity index (χ0n) is 17.0. The summed E-state index contributed by atoms with van der Waals surface area (Å²) >= 11 is 3.38. The third-order valence-electron chi connectivity index (χ3n) is 4.34. The van der Waals surface area contributed by atoms with E-state index in [0.717, 1.165) is 15.6 Å². The van der Waals surface area contributed by atoms with E-state index < -0.39 is 6.04 Å². The molecule has 0 heterocycles. The molecule has 0 saturated carbocycles. The second-order valence-corrected chi connectivity index (χ2v) is 8.15. The first kappa shape index (κ1) is 22.6. The van der Waals surface area contributed by atoms with Gasteiger partial charge in [0.25, 0.3) is 0 Å². The number of anilines is 2. The largest absolute Gasteiger partial charge is 0.349 e. The lowest BCUT2D eigenvalue weighted by Crippen LogP contribution is -2.29. The number of halogens is 1. The van der Waals surface area contributed by atoms with Gasteiger partial charge < -0.3 is 16.0 Å². The lowest BCUT2D eigenvalue weighted by molar-refractivity contribution is -0.121. The van der Waals surface area contributed by atoms with Gasteiger partial charge in [-0.2, -0.15) is 0 Å². The molecule has 0 radical (unpaired) electrons. The average Bonchev–Trinajstić information content (AvgIpc) is 2.64. The summed E-state index contributed by atoms with van der Waals surface area (Å²) in [5.41, 5.74) is 2.96. The van der Waals surface area contributed by atoms with Crippen LogP contribution in [0.15, 0.2) is 46.9 Å². The van der Waals surface area contributed by atoms with Gasteiger partial charge in [-0.15, -0.1) is 0 Å². The summed E-state index contributed by atoms with van der Waals surface area (Å²) in [5.74, 6) is -0.673. The van der Waals surface area contributed by atoms with Crippen LogP contribution in [0.25, 0.3) is 0 Å². The predicted octanol–water partition coefficient (Wildman–Crippen LogP) is 4.56. The van der Waals surface area contributed by atoms with Gasteiger partial charge >= 0.3 is 0 Å². The van der Waals surface area contributed by atoms with Crippen LogP contribution in [0.4, 0.5) is 11.4 Å². The van der Waals surface area contributed by atoms with E-state index in [0.29, 0.717) is 11.4 Å². The first-order valence-corrected chi connectivity index (χ1v) is 10.2. The van der Waals surface area contributed by atoms with Crippen molar-refractivity contribution in [2.24, 2.45) is 5.92 Å². The van der Waals surface area contributed by atoms with Crippen LogP contribution in [-0.4, -0.2) is 17.7 Å². The normalized spacial score (nSPS) is 11.7. The Bertz CT molecular complexity index is 895. The van der Waals surface area contributed by atoms with Crippen LogP contribution >= 0.6 is 15.9 Å². The van der Waals surface area contributed by atoms with E-state index in [4.69, 9.17) is 0 Å². The second kappa shape index (κ2) is 10.2. The van der Waals surface area contributed by atoms with Gasteiger partial charge in [-0.25, -0.2) is 0 Å². The predicted molar refractivity (Wildman–Crippen MR) is 119 cm³/mol. The maximum Gasteiger partial charge on any atom is 0.226 e. The number of carbonyl (C=O) groups excluding carboxylic acids is 3. The number of rotatable bonds is 7. The van der Waals surface area contributed by atoms with E-state index in [1.807, 2.05) is 51.1 Å². The number of carbonyl (C=O) groups is 3. The molecule has 29 heavy (non-hydrogen) atoms. The fourth-order valence-electron chi connectivity index (χ4n) is 2.70. The minimum atomic E-state index is -0.440. The smallest absolute Gasteiger partial charge is 0.226 e. The molecule has 154 valence electrons. The Morgan fingerprint density at radius 1 is 1.00 bits per heavy atom. The number of nitrogens with one attached hydrogen (secondary N) is 3. The van der Waals surface area contributed by atoms with Crippen LogP contribution in [0.2, 0.25) is 0 Å². The van der Waals surface area contributed by atoms with Crippen LogP contribution in [-0.2, 0) is 14.4 Å². The SMILES string of the molecule is CC(=O)NC(CC(=O)Nc1cc(NC(=O)C(C)C)ccc1C)c1ccc(Br)cc1. The average molecular weight is 460 g/mol. The fraction of sp³-hybridized carbons (Fsp3) is 0.318. The monoisotopic (exact) mass is 459 g/mol. The van der Waals surface area contributed by atoms with Crippen molar-refractivity contribution in [3.63, 3.8) is 0 Å². The summed E-state index contributed by atoms with van der Waals surface area (Å²) in [6, 6.07) is 12.4. The van der Waals surface area contributed by atoms with Crippen LogP contribution in [0.3, 0.4) is 0 Å². The summed E-state index contributed by atoms with van der Waals surface area (Å²) < 4.78 is 0.920. The van der Waals surface area contributed by atoms with E-state index in [1.165, 1.54) is 6.92 Å². The van der Waals surface area contributed by atoms with Crippen LogP contribution in [0, 0.1) is 12.8 Å². The molecule has 0 aliphatic rings. The van der Waals surface area contributed by atoms with Crippen molar-refractivity contribution >= 4 is 45.0 Å². The topological polar surface area (TPSA) is 87.3 Å². The van der Waals surface area contributed by atoms with Crippen molar-refractivity contribution in [3.8, 4) is 0 Å². The molecule has 0 fully saturated rings. The van der Waals surface area contributed by atoms with Gasteiger partial charge in [-0.05, 0) is 42.3 Å². The van der Waals surface area contributed by atoms with Crippen molar-refractivity contribution in [2.45, 2.75) is 40.2 Å². The maximum atomic E-state index is 12.7. The standard InChI is InChI=1S/C22H26BrN3O3/c1-13(2)22(29)25-18-10-5-14(3)19(11-18)26-21(28)12-20(24-15(4)27)16-6-8-17(23)9-7-16/h5-11,13,20H,12H2,1-4H3,(H,24,27)(H,25,29)(H,26,28). The summed E-state index contributed by atoms with van der Waals surface area (Å²) in [5, 5.41) is 8.54. The van der Waals surface area contributed by atoms with Gasteiger partial charge in [0.05, 0.1) is 12.5 Å². The van der Waals surface area contributed by atoms with Crippen LogP contribution in [0.1, 0.15) is 44.4 Å². The highest BCUT2D eigenvalue weighted by molar-refractivity contribution is 9.10. The molecule has 0 bridgehead atoms. The van der Waals surface area contributed by atoms with E-state index in [1.54, 1.807) is 12.1 Å². The Hall–Kier alpha value is -2.67. The highest BCUT2D eigenvalue weighted by Crippen LogP contribution is 2.24. The van der Waals surface area contributed by atoms with Crippen molar-refractivity contribution in [2.75, 3.05) is 10.6 Å². The number of aryl methyl sites for hydroxylation is 1. The van der Waals surface area contributed by atoms with E-state index in [-0.39, 0.29) is 30.1 Å². The Labute approximate surface area is 179 Å². The minimum Gasteiger partial charge on any atom is -0.349 e. The van der Waals surface area contributed by atoms with Gasteiger partial charge in [-0.3, -0.25) is 14.4 Å². The Balaban J connectivity index is 2.13. The number of benzene rings is 2. The molecule has 3 N–H and O–H groups in total. The molecular formula is C22H26BrN3O3. The molecule has 1 unspecified atom stereocenters. The van der Waals surface area contributed by atoms with Gasteiger partial charge in [0.15, 0.2) is 0 Å². The summed E-state index contributed by atoms with van der Waals surface area (Å²) in [6.07, 6.45) is 0.0865.